The van der Waals surface area contributed by atoms with Gasteiger partial charge in [0.15, 0.2) is 0 Å². The molecular weight excluding hydrogens is 234 g/mol. The number of hydrogen-bond acceptors (Lipinski definition) is 3. The minimum atomic E-state index is 0.666. The molecule has 2 unspecified atom stereocenters. The maximum Gasteiger partial charge on any atom is 0.0376 e. The number of nitrogens with zero attached hydrogens (tertiary/aromatic N) is 2. The molecule has 3 heteroatoms. The van der Waals surface area contributed by atoms with Gasteiger partial charge in [0, 0.05) is 37.3 Å². The summed E-state index contributed by atoms with van der Waals surface area (Å²) >= 11 is 0. The van der Waals surface area contributed by atoms with E-state index < -0.39 is 0 Å². The summed E-state index contributed by atoms with van der Waals surface area (Å²) in [5, 5.41) is 3.54. The van der Waals surface area contributed by atoms with Crippen LogP contribution in [0.1, 0.15) is 24.3 Å². The molecule has 1 fully saturated rings. The van der Waals surface area contributed by atoms with Crippen molar-refractivity contribution in [3.8, 4) is 0 Å². The second-order valence-corrected chi connectivity index (χ2v) is 6.22. The maximum atomic E-state index is 3.54. The molecule has 3 rings (SSSR count). The van der Waals surface area contributed by atoms with Crippen molar-refractivity contribution in [2.45, 2.75) is 24.8 Å². The topological polar surface area (TPSA) is 18.5 Å². The number of likely N-dealkylation sites (tertiary alicyclic amines) is 1. The molecule has 0 aliphatic carbocycles. The van der Waals surface area contributed by atoms with Crippen LogP contribution in [0.4, 0.5) is 5.69 Å². The van der Waals surface area contributed by atoms with Crippen LogP contribution in [-0.4, -0.2) is 56.1 Å². The number of para-hydroxylation sites is 1. The van der Waals surface area contributed by atoms with Crippen LogP contribution in [0.25, 0.3) is 0 Å². The van der Waals surface area contributed by atoms with Gasteiger partial charge < -0.3 is 10.2 Å². The van der Waals surface area contributed by atoms with E-state index >= 15 is 0 Å². The van der Waals surface area contributed by atoms with Gasteiger partial charge in [0.1, 0.15) is 0 Å². The van der Waals surface area contributed by atoms with Crippen LogP contribution in [-0.2, 0) is 0 Å². The maximum absolute atomic E-state index is 3.54. The van der Waals surface area contributed by atoms with Crippen LogP contribution in [0, 0.1) is 0 Å². The molecule has 2 aliphatic heterocycles. The van der Waals surface area contributed by atoms with Gasteiger partial charge in [-0.3, -0.25) is 4.90 Å². The third-order valence-corrected chi connectivity index (χ3v) is 4.47. The molecule has 2 heterocycles. The van der Waals surface area contributed by atoms with E-state index in [4.69, 9.17) is 0 Å². The van der Waals surface area contributed by atoms with Gasteiger partial charge in [0.25, 0.3) is 0 Å². The lowest BCUT2D eigenvalue weighted by Crippen LogP contribution is -2.39. The fourth-order valence-corrected chi connectivity index (χ4v) is 3.57. The third-order valence-electron chi connectivity index (χ3n) is 4.47. The van der Waals surface area contributed by atoms with E-state index in [0.717, 1.165) is 12.6 Å². The van der Waals surface area contributed by atoms with Crippen molar-refractivity contribution >= 4 is 5.69 Å². The summed E-state index contributed by atoms with van der Waals surface area (Å²) in [6, 6.07) is 9.54. The zero-order valence-corrected chi connectivity index (χ0v) is 12.1. The number of hydrogen-bond donors (Lipinski definition) is 1. The Morgan fingerprint density at radius 2 is 2.16 bits per heavy atom. The molecule has 0 bridgehead atoms. The Hall–Kier alpha value is -1.06. The molecule has 1 aromatic carbocycles. The van der Waals surface area contributed by atoms with E-state index in [1.807, 2.05) is 0 Å². The lowest BCUT2D eigenvalue weighted by atomic mass is 10.0. The SMILES string of the molecule is CN(C)CC1CCCN1CC1CNc2ccccc21. The quantitative estimate of drug-likeness (QED) is 0.894. The first-order valence-electron chi connectivity index (χ1n) is 7.45. The van der Waals surface area contributed by atoms with Gasteiger partial charge >= 0.3 is 0 Å². The minimum absolute atomic E-state index is 0.666. The van der Waals surface area contributed by atoms with Gasteiger partial charge in [0.05, 0.1) is 0 Å². The number of rotatable bonds is 4. The fourth-order valence-electron chi connectivity index (χ4n) is 3.57. The molecule has 0 aromatic heterocycles. The van der Waals surface area contributed by atoms with Crippen LogP contribution in [0.5, 0.6) is 0 Å². The molecule has 1 aromatic rings. The average molecular weight is 259 g/mol. The molecule has 3 nitrogen and oxygen atoms in total. The highest BCUT2D eigenvalue weighted by Gasteiger charge is 2.30. The van der Waals surface area contributed by atoms with Gasteiger partial charge in [-0.15, -0.1) is 0 Å². The first-order chi connectivity index (χ1) is 9.24. The van der Waals surface area contributed by atoms with Crippen LogP contribution >= 0.6 is 0 Å². The summed E-state index contributed by atoms with van der Waals surface area (Å²) in [7, 11) is 4.37. The van der Waals surface area contributed by atoms with Gasteiger partial charge in [0.2, 0.25) is 0 Å². The van der Waals surface area contributed by atoms with Crippen molar-refractivity contribution in [2.75, 3.05) is 45.6 Å². The van der Waals surface area contributed by atoms with Crippen LogP contribution in [0.15, 0.2) is 24.3 Å². The van der Waals surface area contributed by atoms with Gasteiger partial charge in [-0.1, -0.05) is 18.2 Å². The van der Waals surface area contributed by atoms with E-state index in [2.05, 4.69) is 53.5 Å². The third kappa shape index (κ3) is 2.77. The Bertz CT molecular complexity index is 430. The normalized spacial score (nSPS) is 26.7. The van der Waals surface area contributed by atoms with E-state index in [0.29, 0.717) is 5.92 Å². The van der Waals surface area contributed by atoms with Crippen LogP contribution < -0.4 is 5.32 Å². The predicted molar refractivity (Wildman–Crippen MR) is 80.8 cm³/mol. The Morgan fingerprint density at radius 3 is 3.00 bits per heavy atom. The van der Waals surface area contributed by atoms with Crippen molar-refractivity contribution < 1.29 is 0 Å². The number of likely N-dealkylation sites (N-methyl/N-ethyl adjacent to an activating group) is 1. The van der Waals surface area contributed by atoms with Gasteiger partial charge in [-0.2, -0.15) is 0 Å². The van der Waals surface area contributed by atoms with Crippen molar-refractivity contribution in [3.63, 3.8) is 0 Å². The van der Waals surface area contributed by atoms with Crippen LogP contribution in [0.3, 0.4) is 0 Å². The zero-order valence-electron chi connectivity index (χ0n) is 12.1. The van der Waals surface area contributed by atoms with Crippen LogP contribution in [0.2, 0.25) is 0 Å². The van der Waals surface area contributed by atoms with E-state index in [9.17, 15) is 0 Å². The van der Waals surface area contributed by atoms with E-state index in [1.165, 1.54) is 43.7 Å². The van der Waals surface area contributed by atoms with Crippen molar-refractivity contribution in [1.29, 1.82) is 0 Å². The summed E-state index contributed by atoms with van der Waals surface area (Å²) in [6.07, 6.45) is 2.72. The molecule has 0 radical (unpaired) electrons. The smallest absolute Gasteiger partial charge is 0.0376 e. The minimum Gasteiger partial charge on any atom is -0.384 e. The molecule has 19 heavy (non-hydrogen) atoms. The Kier molecular flexibility index (Phi) is 3.76. The monoisotopic (exact) mass is 259 g/mol. The second kappa shape index (κ2) is 5.51. The standard InChI is InChI=1S/C16H25N3/c1-18(2)12-14-6-5-9-19(14)11-13-10-17-16-8-4-3-7-15(13)16/h3-4,7-8,13-14,17H,5-6,9-12H2,1-2H3. The summed E-state index contributed by atoms with van der Waals surface area (Å²) in [5.41, 5.74) is 2.86. The molecule has 0 amide bonds. The fraction of sp³-hybridized carbons (Fsp3) is 0.625. The lowest BCUT2D eigenvalue weighted by molar-refractivity contribution is 0.200. The summed E-state index contributed by atoms with van der Waals surface area (Å²) in [5.74, 6) is 0.666. The van der Waals surface area contributed by atoms with Gasteiger partial charge in [-0.25, -0.2) is 0 Å². The van der Waals surface area contributed by atoms with Crippen molar-refractivity contribution in [2.24, 2.45) is 0 Å². The van der Waals surface area contributed by atoms with Gasteiger partial charge in [-0.05, 0) is 45.1 Å². The second-order valence-electron chi connectivity index (χ2n) is 6.22. The molecule has 1 N–H and O–H groups in total. The summed E-state index contributed by atoms with van der Waals surface area (Å²) in [6.45, 7) is 4.78. The summed E-state index contributed by atoms with van der Waals surface area (Å²) < 4.78 is 0. The predicted octanol–water partition coefficient (Wildman–Crippen LogP) is 2.22. The average Bonchev–Trinajstić information content (AvgIpc) is 2.98. The largest absolute Gasteiger partial charge is 0.384 e. The Labute approximate surface area is 116 Å². The highest BCUT2D eigenvalue weighted by Crippen LogP contribution is 2.33. The Morgan fingerprint density at radius 1 is 1.32 bits per heavy atom. The zero-order chi connectivity index (χ0) is 13.2. The number of benzene rings is 1. The summed E-state index contributed by atoms with van der Waals surface area (Å²) in [4.78, 5) is 5.03. The van der Waals surface area contributed by atoms with E-state index in [-0.39, 0.29) is 0 Å². The first-order valence-corrected chi connectivity index (χ1v) is 7.45. The molecule has 2 aliphatic rings. The first kappa shape index (κ1) is 12.9. The number of fused-ring (bicyclic) bond motifs is 1. The molecular formula is C16H25N3. The molecule has 1 saturated heterocycles. The number of nitrogens with one attached hydrogen (secondary N) is 1. The number of anilines is 1. The van der Waals surface area contributed by atoms with Crippen molar-refractivity contribution in [3.05, 3.63) is 29.8 Å². The molecule has 104 valence electrons. The van der Waals surface area contributed by atoms with Crippen molar-refractivity contribution in [1.82, 2.24) is 9.80 Å². The molecule has 2 atom stereocenters. The highest BCUT2D eigenvalue weighted by molar-refractivity contribution is 5.57. The lowest BCUT2D eigenvalue weighted by Gasteiger charge is -2.29. The van der Waals surface area contributed by atoms with E-state index in [1.54, 1.807) is 0 Å². The Balaban J connectivity index is 1.66. The highest BCUT2D eigenvalue weighted by atomic mass is 15.2. The molecule has 0 saturated carbocycles. The molecule has 0 spiro atoms.